The maximum atomic E-state index is 14.4. The highest BCUT2D eigenvalue weighted by Crippen LogP contribution is 2.41. The minimum Gasteiger partial charge on any atom is -0.493 e. The number of halogens is 3. The van der Waals surface area contributed by atoms with Crippen molar-refractivity contribution in [2.24, 2.45) is 11.3 Å². The number of para-hydroxylation sites is 1. The largest absolute Gasteiger partial charge is 0.493 e. The molecule has 44 heavy (non-hydrogen) atoms. The molecule has 1 aliphatic rings. The van der Waals surface area contributed by atoms with E-state index in [0.29, 0.717) is 49.3 Å². The summed E-state index contributed by atoms with van der Waals surface area (Å²) in [5, 5.41) is 13.1. The van der Waals surface area contributed by atoms with Gasteiger partial charge in [-0.1, -0.05) is 31.2 Å². The number of hydrogen-bond acceptors (Lipinski definition) is 5. The molecule has 0 aliphatic carbocycles. The second kappa shape index (κ2) is 12.1. The molecule has 1 aliphatic heterocycles. The van der Waals surface area contributed by atoms with Gasteiger partial charge in [0.25, 0.3) is 5.91 Å². The molecule has 11 heteroatoms. The SMILES string of the molecule is CCOc1ccccc1-c1nn(C(C)(C)C)cc1C(=O)N1CCCC(Cn2cc(-c3cc(F)c(F)cc3F)nn2)(C(C)C)C1. The molecule has 0 saturated carbocycles. The van der Waals surface area contributed by atoms with E-state index >= 15 is 0 Å². The van der Waals surface area contributed by atoms with Gasteiger partial charge in [0.15, 0.2) is 11.6 Å². The number of nitrogens with zero attached hydrogens (tertiary/aromatic N) is 6. The third-order valence-corrected chi connectivity index (χ3v) is 8.50. The Bertz CT molecular complexity index is 1660. The molecule has 1 amide bonds. The molecule has 5 rings (SSSR count). The Hall–Kier alpha value is -4.15. The zero-order valence-electron chi connectivity index (χ0n) is 26.1. The monoisotopic (exact) mass is 608 g/mol. The topological polar surface area (TPSA) is 78.1 Å². The van der Waals surface area contributed by atoms with Crippen LogP contribution in [0.15, 0.2) is 48.8 Å². The summed E-state index contributed by atoms with van der Waals surface area (Å²) in [5.74, 6) is -2.63. The predicted molar refractivity (Wildman–Crippen MR) is 162 cm³/mol. The molecule has 1 fully saturated rings. The first-order chi connectivity index (χ1) is 20.8. The standard InChI is InChI=1S/C33H39F3N6O2/c1-7-44-29-12-9-8-11-22(29)30-24(17-42(38-30)32(4,5)6)31(43)40-14-10-13-33(19-40,21(2)3)20-41-18-28(37-39-41)23-15-26(35)27(36)16-25(23)34/h8-9,11-12,15-18,21H,7,10,13-14,19-20H2,1-6H3. The summed E-state index contributed by atoms with van der Waals surface area (Å²) in [4.78, 5) is 16.2. The van der Waals surface area contributed by atoms with E-state index in [4.69, 9.17) is 9.84 Å². The van der Waals surface area contributed by atoms with Gasteiger partial charge in [0.1, 0.15) is 23.0 Å². The minimum absolute atomic E-state index is 0.108. The van der Waals surface area contributed by atoms with Crippen LogP contribution in [0, 0.1) is 28.8 Å². The van der Waals surface area contributed by atoms with Crippen LogP contribution in [0.5, 0.6) is 5.75 Å². The second-order valence-corrected chi connectivity index (χ2v) is 12.8. The molecule has 2 aromatic heterocycles. The fourth-order valence-electron chi connectivity index (χ4n) is 5.84. The summed E-state index contributed by atoms with van der Waals surface area (Å²) < 4.78 is 51.1. The summed E-state index contributed by atoms with van der Waals surface area (Å²) in [6, 6.07) is 8.90. The number of rotatable bonds is 8. The van der Waals surface area contributed by atoms with Crippen molar-refractivity contribution < 1.29 is 22.7 Å². The van der Waals surface area contributed by atoms with Crippen LogP contribution >= 0.6 is 0 Å². The first-order valence-corrected chi connectivity index (χ1v) is 15.0. The molecular weight excluding hydrogens is 569 g/mol. The van der Waals surface area contributed by atoms with Crippen molar-refractivity contribution in [3.63, 3.8) is 0 Å². The molecule has 234 valence electrons. The number of hydrogen-bond donors (Lipinski definition) is 0. The maximum Gasteiger partial charge on any atom is 0.257 e. The average molecular weight is 609 g/mol. The average Bonchev–Trinajstić information content (AvgIpc) is 3.63. The van der Waals surface area contributed by atoms with Crippen LogP contribution in [0.25, 0.3) is 22.5 Å². The highest BCUT2D eigenvalue weighted by molar-refractivity contribution is 6.00. The quantitative estimate of drug-likeness (QED) is 0.202. The second-order valence-electron chi connectivity index (χ2n) is 12.8. The van der Waals surface area contributed by atoms with Gasteiger partial charge in [0, 0.05) is 41.9 Å². The van der Waals surface area contributed by atoms with Gasteiger partial charge in [0.2, 0.25) is 0 Å². The summed E-state index contributed by atoms with van der Waals surface area (Å²) in [6.45, 7) is 14.2. The van der Waals surface area contributed by atoms with E-state index in [2.05, 4.69) is 24.2 Å². The number of piperidine rings is 1. The maximum absolute atomic E-state index is 14.4. The number of carbonyl (C=O) groups is 1. The van der Waals surface area contributed by atoms with Crippen LogP contribution in [0.1, 0.15) is 64.7 Å². The Morgan fingerprint density at radius 2 is 1.77 bits per heavy atom. The number of benzene rings is 2. The molecule has 3 heterocycles. The van der Waals surface area contributed by atoms with E-state index in [-0.39, 0.29) is 34.0 Å². The lowest BCUT2D eigenvalue weighted by molar-refractivity contribution is 0.0239. The summed E-state index contributed by atoms with van der Waals surface area (Å²) in [7, 11) is 0. The Morgan fingerprint density at radius 1 is 1.05 bits per heavy atom. The van der Waals surface area contributed by atoms with Crippen LogP contribution < -0.4 is 4.74 Å². The summed E-state index contributed by atoms with van der Waals surface area (Å²) in [6.07, 6.45) is 4.98. The van der Waals surface area contributed by atoms with Crippen LogP contribution in [0.3, 0.4) is 0 Å². The zero-order valence-corrected chi connectivity index (χ0v) is 26.1. The van der Waals surface area contributed by atoms with Crippen LogP contribution in [0.2, 0.25) is 0 Å². The molecule has 8 nitrogen and oxygen atoms in total. The van der Waals surface area contributed by atoms with Crippen molar-refractivity contribution in [3.8, 4) is 28.3 Å². The van der Waals surface area contributed by atoms with Crippen LogP contribution in [-0.4, -0.2) is 55.3 Å². The molecule has 0 radical (unpaired) electrons. The van der Waals surface area contributed by atoms with Crippen molar-refractivity contribution >= 4 is 5.91 Å². The highest BCUT2D eigenvalue weighted by atomic mass is 19.2. The third kappa shape index (κ3) is 6.09. The van der Waals surface area contributed by atoms with Crippen molar-refractivity contribution in [2.75, 3.05) is 19.7 Å². The number of carbonyl (C=O) groups excluding carboxylic acids is 1. The van der Waals surface area contributed by atoms with Crippen molar-refractivity contribution in [1.82, 2.24) is 29.7 Å². The molecule has 1 saturated heterocycles. The first kappa shape index (κ1) is 31.3. The predicted octanol–water partition coefficient (Wildman–Crippen LogP) is 6.96. The number of likely N-dealkylation sites (tertiary alicyclic amines) is 1. The minimum atomic E-state index is -1.26. The smallest absolute Gasteiger partial charge is 0.257 e. The number of amides is 1. The lowest BCUT2D eigenvalue weighted by Gasteiger charge is -2.45. The zero-order chi connectivity index (χ0) is 31.8. The van der Waals surface area contributed by atoms with Crippen LogP contribution in [-0.2, 0) is 12.1 Å². The van der Waals surface area contributed by atoms with Gasteiger partial charge < -0.3 is 9.64 Å². The van der Waals surface area contributed by atoms with E-state index in [9.17, 15) is 18.0 Å². The highest BCUT2D eigenvalue weighted by Gasteiger charge is 2.41. The van der Waals surface area contributed by atoms with Crippen molar-refractivity contribution in [3.05, 3.63) is 71.8 Å². The van der Waals surface area contributed by atoms with E-state index in [1.54, 1.807) is 4.68 Å². The normalized spacial score (nSPS) is 17.4. The molecule has 4 aromatic rings. The molecule has 1 atom stereocenters. The molecule has 0 spiro atoms. The Labute approximate surface area is 255 Å². The van der Waals surface area contributed by atoms with Crippen molar-refractivity contribution in [2.45, 2.75) is 66.5 Å². The molecule has 0 bridgehead atoms. The lowest BCUT2D eigenvalue weighted by Crippen LogP contribution is -2.50. The van der Waals surface area contributed by atoms with Gasteiger partial charge in [-0.2, -0.15) is 5.10 Å². The fraction of sp³-hybridized carbons (Fsp3) is 0.455. The van der Waals surface area contributed by atoms with E-state index in [1.807, 2.05) is 67.7 Å². The Balaban J connectivity index is 1.46. The number of aromatic nitrogens is 5. The third-order valence-electron chi connectivity index (χ3n) is 8.50. The lowest BCUT2D eigenvalue weighted by atomic mass is 9.71. The van der Waals surface area contributed by atoms with E-state index in [0.717, 1.165) is 24.5 Å². The summed E-state index contributed by atoms with van der Waals surface area (Å²) >= 11 is 0. The number of ether oxygens (including phenoxy) is 1. The van der Waals surface area contributed by atoms with Gasteiger partial charge in [0.05, 0.1) is 30.5 Å². The molecule has 1 unspecified atom stereocenters. The van der Waals surface area contributed by atoms with Gasteiger partial charge in [-0.05, 0) is 64.7 Å². The Morgan fingerprint density at radius 3 is 2.48 bits per heavy atom. The Kier molecular flexibility index (Phi) is 8.59. The molecule has 0 N–H and O–H groups in total. The first-order valence-electron chi connectivity index (χ1n) is 15.0. The van der Waals surface area contributed by atoms with Gasteiger partial charge in [-0.3, -0.25) is 14.2 Å². The van der Waals surface area contributed by atoms with Gasteiger partial charge in [-0.25, -0.2) is 13.2 Å². The van der Waals surface area contributed by atoms with Gasteiger partial charge >= 0.3 is 0 Å². The molecule has 2 aromatic carbocycles. The van der Waals surface area contributed by atoms with Gasteiger partial charge in [-0.15, -0.1) is 5.10 Å². The molecular formula is C33H39F3N6O2. The fourth-order valence-corrected chi connectivity index (χ4v) is 5.84. The van der Waals surface area contributed by atoms with E-state index in [1.165, 1.54) is 6.20 Å². The van der Waals surface area contributed by atoms with Crippen LogP contribution in [0.4, 0.5) is 13.2 Å². The van der Waals surface area contributed by atoms with E-state index < -0.39 is 17.5 Å². The summed E-state index contributed by atoms with van der Waals surface area (Å²) in [5.41, 5.74) is 1.06. The van der Waals surface area contributed by atoms with Crippen molar-refractivity contribution in [1.29, 1.82) is 0 Å².